The highest BCUT2D eigenvalue weighted by molar-refractivity contribution is 7.90. The molecule has 0 radical (unpaired) electrons. The van der Waals surface area contributed by atoms with E-state index in [1.54, 1.807) is 6.07 Å². The number of pyridine rings is 1. The molecule has 160 valence electrons. The summed E-state index contributed by atoms with van der Waals surface area (Å²) in [6.45, 7) is 0. The van der Waals surface area contributed by atoms with E-state index in [-0.39, 0.29) is 10.7 Å². The summed E-state index contributed by atoms with van der Waals surface area (Å²) in [5.74, 6) is -1.05. The molecule has 0 aliphatic carbocycles. The van der Waals surface area contributed by atoms with Crippen molar-refractivity contribution in [3.63, 3.8) is 0 Å². The van der Waals surface area contributed by atoms with Gasteiger partial charge in [0.25, 0.3) is 0 Å². The summed E-state index contributed by atoms with van der Waals surface area (Å²) in [4.78, 5) is 7.07. The summed E-state index contributed by atoms with van der Waals surface area (Å²) in [5.41, 5.74) is -0.569. The Balaban J connectivity index is 2.01. The van der Waals surface area contributed by atoms with Crippen molar-refractivity contribution in [2.24, 2.45) is 0 Å². The molecule has 0 bridgehead atoms. The highest BCUT2D eigenvalue weighted by Crippen LogP contribution is 2.31. The standard InChI is InChI=1S/C18H13F6N3O2S/c1-30(28,29)13-4-2-3-11(7-13)12-5-6-15(25-9-12)27-10-14(18(22,23)24)26-16(27)8-17(19,20)21/h2-7,9-10H,8H2,1H3. The number of benzene rings is 1. The van der Waals surface area contributed by atoms with Crippen LogP contribution in [0.1, 0.15) is 11.5 Å². The van der Waals surface area contributed by atoms with Crippen LogP contribution in [-0.4, -0.2) is 35.4 Å². The van der Waals surface area contributed by atoms with Crippen molar-refractivity contribution >= 4 is 9.84 Å². The van der Waals surface area contributed by atoms with Crippen LogP contribution in [0.25, 0.3) is 16.9 Å². The zero-order valence-electron chi connectivity index (χ0n) is 15.2. The average molecular weight is 449 g/mol. The van der Waals surface area contributed by atoms with Gasteiger partial charge in [-0.15, -0.1) is 0 Å². The van der Waals surface area contributed by atoms with Crippen LogP contribution in [0.5, 0.6) is 0 Å². The quantitative estimate of drug-likeness (QED) is 0.552. The molecule has 0 spiro atoms. The van der Waals surface area contributed by atoms with Crippen molar-refractivity contribution in [2.45, 2.75) is 23.7 Å². The van der Waals surface area contributed by atoms with Crippen LogP contribution in [0.15, 0.2) is 53.7 Å². The van der Waals surface area contributed by atoms with Crippen LogP contribution < -0.4 is 0 Å². The van der Waals surface area contributed by atoms with Gasteiger partial charge in [-0.25, -0.2) is 18.4 Å². The molecule has 0 unspecified atom stereocenters. The number of halogens is 6. The number of aromatic nitrogens is 3. The van der Waals surface area contributed by atoms with E-state index in [0.717, 1.165) is 6.26 Å². The Morgan fingerprint density at radius 1 is 1.00 bits per heavy atom. The lowest BCUT2D eigenvalue weighted by atomic mass is 10.1. The Hall–Kier alpha value is -2.89. The van der Waals surface area contributed by atoms with Gasteiger partial charge in [0, 0.05) is 24.2 Å². The molecule has 0 N–H and O–H groups in total. The maximum atomic E-state index is 12.9. The first-order valence-corrected chi connectivity index (χ1v) is 10.1. The molecular weight excluding hydrogens is 436 g/mol. The van der Waals surface area contributed by atoms with Crippen molar-refractivity contribution in [1.82, 2.24) is 14.5 Å². The van der Waals surface area contributed by atoms with Crippen LogP contribution in [0.4, 0.5) is 26.3 Å². The molecule has 3 aromatic rings. The predicted octanol–water partition coefficient (Wildman–Crippen LogP) is 4.46. The predicted molar refractivity (Wildman–Crippen MR) is 94.7 cm³/mol. The van der Waals surface area contributed by atoms with Gasteiger partial charge in [-0.1, -0.05) is 12.1 Å². The number of hydrogen-bond acceptors (Lipinski definition) is 4. The Bertz CT molecular complexity index is 1170. The number of sulfone groups is 1. The van der Waals surface area contributed by atoms with E-state index >= 15 is 0 Å². The van der Waals surface area contributed by atoms with Crippen LogP contribution in [0, 0.1) is 0 Å². The van der Waals surface area contributed by atoms with Crippen molar-refractivity contribution in [1.29, 1.82) is 0 Å². The molecule has 0 aliphatic heterocycles. The Morgan fingerprint density at radius 3 is 2.23 bits per heavy atom. The van der Waals surface area contributed by atoms with Gasteiger partial charge in [-0.2, -0.15) is 26.3 Å². The van der Waals surface area contributed by atoms with E-state index in [0.29, 0.717) is 21.9 Å². The van der Waals surface area contributed by atoms with E-state index < -0.39 is 40.1 Å². The number of nitrogens with zero attached hydrogens (tertiary/aromatic N) is 3. The van der Waals surface area contributed by atoms with Gasteiger partial charge in [0.15, 0.2) is 15.5 Å². The summed E-state index contributed by atoms with van der Waals surface area (Å²) < 4.78 is 101. The molecule has 0 saturated carbocycles. The fourth-order valence-corrected chi connectivity index (χ4v) is 3.33. The van der Waals surface area contributed by atoms with Gasteiger partial charge < -0.3 is 0 Å². The van der Waals surface area contributed by atoms with Crippen LogP contribution >= 0.6 is 0 Å². The number of hydrogen-bond donors (Lipinski definition) is 0. The van der Waals surface area contributed by atoms with Gasteiger partial charge >= 0.3 is 12.4 Å². The molecule has 1 aromatic carbocycles. The third-order valence-corrected chi connectivity index (χ3v) is 5.13. The third-order valence-electron chi connectivity index (χ3n) is 4.02. The van der Waals surface area contributed by atoms with Crippen molar-refractivity contribution in [2.75, 3.05) is 6.26 Å². The highest BCUT2D eigenvalue weighted by Gasteiger charge is 2.38. The lowest BCUT2D eigenvalue weighted by Crippen LogP contribution is -2.16. The summed E-state index contributed by atoms with van der Waals surface area (Å²) in [6.07, 6.45) is -8.64. The van der Waals surface area contributed by atoms with Crippen molar-refractivity contribution < 1.29 is 34.8 Å². The fraction of sp³-hybridized carbons (Fsp3) is 0.222. The Labute approximate surface area is 166 Å². The minimum absolute atomic E-state index is 0.0565. The summed E-state index contributed by atoms with van der Waals surface area (Å²) in [6, 6.07) is 8.53. The second-order valence-corrected chi connectivity index (χ2v) is 8.42. The molecule has 0 amide bonds. The monoisotopic (exact) mass is 449 g/mol. The topological polar surface area (TPSA) is 64.8 Å². The first kappa shape index (κ1) is 21.8. The summed E-state index contributed by atoms with van der Waals surface area (Å²) in [7, 11) is -3.46. The lowest BCUT2D eigenvalue weighted by molar-refractivity contribution is -0.142. The van der Waals surface area contributed by atoms with Gasteiger partial charge in [0.1, 0.15) is 18.1 Å². The Kier molecular flexibility index (Phi) is 5.39. The van der Waals surface area contributed by atoms with Gasteiger partial charge in [0.2, 0.25) is 0 Å². The van der Waals surface area contributed by atoms with Crippen LogP contribution in [-0.2, 0) is 22.4 Å². The van der Waals surface area contributed by atoms with Crippen LogP contribution in [0.2, 0.25) is 0 Å². The van der Waals surface area contributed by atoms with E-state index in [2.05, 4.69) is 9.97 Å². The van der Waals surface area contributed by atoms with E-state index in [9.17, 15) is 34.8 Å². The van der Waals surface area contributed by atoms with Gasteiger partial charge in [-0.3, -0.25) is 4.57 Å². The largest absolute Gasteiger partial charge is 0.434 e. The number of rotatable bonds is 4. The highest BCUT2D eigenvalue weighted by atomic mass is 32.2. The molecule has 3 rings (SSSR count). The zero-order valence-corrected chi connectivity index (χ0v) is 16.0. The molecule has 0 saturated heterocycles. The molecule has 2 aromatic heterocycles. The fourth-order valence-electron chi connectivity index (χ4n) is 2.66. The summed E-state index contributed by atoms with van der Waals surface area (Å²) in [5, 5.41) is 0. The molecule has 5 nitrogen and oxygen atoms in total. The SMILES string of the molecule is CS(=O)(=O)c1cccc(-c2ccc(-n3cc(C(F)(F)F)nc3CC(F)(F)F)nc2)c1. The molecule has 30 heavy (non-hydrogen) atoms. The van der Waals surface area contributed by atoms with Crippen molar-refractivity contribution in [3.05, 3.63) is 60.3 Å². The minimum Gasteiger partial charge on any atom is -0.287 e. The Morgan fingerprint density at radius 2 is 1.70 bits per heavy atom. The first-order valence-electron chi connectivity index (χ1n) is 8.23. The minimum atomic E-state index is -4.92. The molecule has 0 aliphatic rings. The molecule has 2 heterocycles. The molecular formula is C18H13F6N3O2S. The number of alkyl halides is 6. The second-order valence-electron chi connectivity index (χ2n) is 6.41. The maximum absolute atomic E-state index is 12.9. The van der Waals surface area contributed by atoms with Crippen molar-refractivity contribution in [3.8, 4) is 16.9 Å². The molecule has 12 heteroatoms. The zero-order chi connectivity index (χ0) is 22.3. The smallest absolute Gasteiger partial charge is 0.287 e. The third kappa shape index (κ3) is 4.99. The second kappa shape index (κ2) is 7.42. The molecule has 0 fully saturated rings. The van der Waals surface area contributed by atoms with Gasteiger partial charge in [0.05, 0.1) is 4.90 Å². The lowest BCUT2D eigenvalue weighted by Gasteiger charge is -2.10. The first-order chi connectivity index (χ1) is 13.7. The summed E-state index contributed by atoms with van der Waals surface area (Å²) >= 11 is 0. The number of imidazole rings is 1. The van der Waals surface area contributed by atoms with Gasteiger partial charge in [-0.05, 0) is 29.8 Å². The van der Waals surface area contributed by atoms with E-state index in [4.69, 9.17) is 0 Å². The van der Waals surface area contributed by atoms with E-state index in [1.165, 1.54) is 36.5 Å². The normalized spacial score (nSPS) is 12.9. The molecule has 0 atom stereocenters. The van der Waals surface area contributed by atoms with E-state index in [1.807, 2.05) is 0 Å². The average Bonchev–Trinajstić information content (AvgIpc) is 3.03. The maximum Gasteiger partial charge on any atom is 0.434 e. The van der Waals surface area contributed by atoms with Crippen LogP contribution in [0.3, 0.4) is 0 Å².